The maximum Gasteiger partial charge on any atom is 0.129 e. The molecule has 0 aromatic heterocycles. The summed E-state index contributed by atoms with van der Waals surface area (Å²) in [7, 11) is 0. The Morgan fingerprint density at radius 2 is 1.68 bits per heavy atom. The van der Waals surface area contributed by atoms with Crippen LogP contribution >= 0.6 is 0 Å². The minimum Gasteiger partial charge on any atom is -0.365 e. The van der Waals surface area contributed by atoms with E-state index in [1.807, 2.05) is 12.1 Å². The number of benzene rings is 2. The van der Waals surface area contributed by atoms with Crippen LogP contribution in [0.5, 0.6) is 0 Å². The molecule has 1 aliphatic carbocycles. The van der Waals surface area contributed by atoms with Crippen LogP contribution in [0.2, 0.25) is 0 Å². The molecular weight excluding hydrogens is 347 g/mol. The maximum absolute atomic E-state index is 14.3. The Kier molecular flexibility index (Phi) is 7.62. The Labute approximate surface area is 168 Å². The van der Waals surface area contributed by atoms with E-state index >= 15 is 0 Å². The molecular formula is C26H31FO. The number of allylic oxidation sites excluding steroid dienone is 1. The Morgan fingerprint density at radius 1 is 0.964 bits per heavy atom. The molecule has 2 aromatic carbocycles. The summed E-state index contributed by atoms with van der Waals surface area (Å²) in [5, 5.41) is 0. The van der Waals surface area contributed by atoms with Crippen LogP contribution in [0.25, 0.3) is 0 Å². The van der Waals surface area contributed by atoms with Crippen molar-refractivity contribution < 1.29 is 9.13 Å². The lowest BCUT2D eigenvalue weighted by Gasteiger charge is -2.29. The highest BCUT2D eigenvalue weighted by Crippen LogP contribution is 2.38. The molecule has 1 unspecified atom stereocenters. The molecule has 3 rings (SSSR count). The molecule has 1 fully saturated rings. The van der Waals surface area contributed by atoms with Gasteiger partial charge in [-0.2, -0.15) is 0 Å². The Bertz CT molecular complexity index is 756. The van der Waals surface area contributed by atoms with Gasteiger partial charge in [0.15, 0.2) is 0 Å². The van der Waals surface area contributed by atoms with Gasteiger partial charge in [-0.05, 0) is 67.6 Å². The summed E-state index contributed by atoms with van der Waals surface area (Å²) in [6.07, 6.45) is 10.9. The average Bonchev–Trinajstić information content (AvgIpc) is 2.74. The highest BCUT2D eigenvalue weighted by Gasteiger charge is 2.23. The summed E-state index contributed by atoms with van der Waals surface area (Å²) >= 11 is 0. The number of rotatable bonds is 9. The topological polar surface area (TPSA) is 9.23 Å². The second-order valence-electron chi connectivity index (χ2n) is 7.77. The van der Waals surface area contributed by atoms with Gasteiger partial charge in [0.1, 0.15) is 11.9 Å². The van der Waals surface area contributed by atoms with Gasteiger partial charge in [-0.3, -0.25) is 0 Å². The molecule has 0 bridgehead atoms. The first kappa shape index (κ1) is 20.5. The lowest BCUT2D eigenvalue weighted by atomic mass is 9.77. The third-order valence-corrected chi connectivity index (χ3v) is 5.90. The zero-order valence-corrected chi connectivity index (χ0v) is 16.7. The summed E-state index contributed by atoms with van der Waals surface area (Å²) in [5.41, 5.74) is 2.94. The van der Waals surface area contributed by atoms with E-state index in [0.717, 1.165) is 17.9 Å². The lowest BCUT2D eigenvalue weighted by Crippen LogP contribution is -2.13. The predicted octanol–water partition coefficient (Wildman–Crippen LogP) is 7.36. The smallest absolute Gasteiger partial charge is 0.129 e. The molecule has 1 atom stereocenters. The molecule has 0 spiro atoms. The van der Waals surface area contributed by atoms with E-state index < -0.39 is 6.10 Å². The summed E-state index contributed by atoms with van der Waals surface area (Å²) in [6, 6.07) is 15.4. The fraction of sp³-hybridized carbons (Fsp3) is 0.385. The van der Waals surface area contributed by atoms with Gasteiger partial charge in [-0.1, -0.05) is 54.6 Å². The largest absolute Gasteiger partial charge is 0.365 e. The molecule has 2 aromatic rings. The highest BCUT2D eigenvalue weighted by molar-refractivity contribution is 5.34. The van der Waals surface area contributed by atoms with Crippen molar-refractivity contribution in [2.24, 2.45) is 5.92 Å². The molecule has 1 aliphatic rings. The quantitative estimate of drug-likeness (QED) is 0.414. The third-order valence-electron chi connectivity index (χ3n) is 5.90. The van der Waals surface area contributed by atoms with Gasteiger partial charge in [0.05, 0.1) is 6.61 Å². The van der Waals surface area contributed by atoms with Crippen molar-refractivity contribution in [3.63, 3.8) is 0 Å². The van der Waals surface area contributed by atoms with Gasteiger partial charge < -0.3 is 4.74 Å². The van der Waals surface area contributed by atoms with Crippen molar-refractivity contribution in [1.82, 2.24) is 0 Å². The van der Waals surface area contributed by atoms with Gasteiger partial charge in [-0.25, -0.2) is 4.39 Å². The van der Waals surface area contributed by atoms with Crippen LogP contribution < -0.4 is 0 Å². The van der Waals surface area contributed by atoms with Crippen molar-refractivity contribution in [3.05, 3.63) is 96.3 Å². The first-order valence-electron chi connectivity index (χ1n) is 10.4. The molecule has 2 heteroatoms. The zero-order chi connectivity index (χ0) is 19.8. The van der Waals surface area contributed by atoms with Crippen molar-refractivity contribution in [2.45, 2.75) is 50.5 Å². The Balaban J connectivity index is 1.70. The van der Waals surface area contributed by atoms with Gasteiger partial charge >= 0.3 is 0 Å². The second-order valence-corrected chi connectivity index (χ2v) is 7.77. The van der Waals surface area contributed by atoms with Gasteiger partial charge in [0.25, 0.3) is 0 Å². The van der Waals surface area contributed by atoms with E-state index in [1.54, 1.807) is 18.2 Å². The molecule has 0 aliphatic heterocycles. The summed E-state index contributed by atoms with van der Waals surface area (Å²) in [5.74, 6) is 1.25. The Hall–Kier alpha value is -2.19. The van der Waals surface area contributed by atoms with Crippen molar-refractivity contribution in [3.8, 4) is 0 Å². The van der Waals surface area contributed by atoms with Crippen LogP contribution in [0.3, 0.4) is 0 Å². The number of hydrogen-bond donors (Lipinski definition) is 0. The van der Waals surface area contributed by atoms with Crippen molar-refractivity contribution in [1.29, 1.82) is 0 Å². The van der Waals surface area contributed by atoms with Crippen LogP contribution in [0.4, 0.5) is 4.39 Å². The first-order chi connectivity index (χ1) is 13.7. The molecule has 0 amide bonds. The fourth-order valence-corrected chi connectivity index (χ4v) is 4.30. The highest BCUT2D eigenvalue weighted by atomic mass is 19.1. The zero-order valence-electron chi connectivity index (χ0n) is 16.7. The van der Waals surface area contributed by atoms with Crippen LogP contribution in [0.1, 0.15) is 67.2 Å². The summed E-state index contributed by atoms with van der Waals surface area (Å²) < 4.78 is 20.3. The van der Waals surface area contributed by atoms with Crippen molar-refractivity contribution >= 4 is 0 Å². The fourth-order valence-electron chi connectivity index (χ4n) is 4.30. The molecule has 0 N–H and O–H groups in total. The predicted molar refractivity (Wildman–Crippen MR) is 115 cm³/mol. The summed E-state index contributed by atoms with van der Waals surface area (Å²) in [4.78, 5) is 0. The average molecular weight is 379 g/mol. The minimum absolute atomic E-state index is 0.238. The van der Waals surface area contributed by atoms with E-state index in [1.165, 1.54) is 43.7 Å². The van der Waals surface area contributed by atoms with E-state index in [4.69, 9.17) is 4.74 Å². The van der Waals surface area contributed by atoms with Crippen LogP contribution in [-0.4, -0.2) is 6.61 Å². The third kappa shape index (κ3) is 5.20. The normalized spacial score (nSPS) is 20.5. The van der Waals surface area contributed by atoms with Gasteiger partial charge in [0.2, 0.25) is 0 Å². The lowest BCUT2D eigenvalue weighted by molar-refractivity contribution is 0.101. The standard InChI is InChI=1S/C26H31FO/c1-3-5-8-20-11-13-21(14-12-20)22-15-17-23(18-16-22)26(28-19-4-2)24-9-6-7-10-25(24)27/h3-4,6-7,9-10,15-18,20-21,26H,1-2,5,8,11-14,19H2. The minimum atomic E-state index is -0.414. The molecule has 0 saturated heterocycles. The molecule has 0 radical (unpaired) electrons. The molecule has 1 saturated carbocycles. The van der Waals surface area contributed by atoms with Crippen molar-refractivity contribution in [2.75, 3.05) is 6.61 Å². The molecule has 0 heterocycles. The van der Waals surface area contributed by atoms with Gasteiger partial charge in [0, 0.05) is 5.56 Å². The van der Waals surface area contributed by atoms with E-state index in [-0.39, 0.29) is 5.82 Å². The number of ether oxygens (including phenoxy) is 1. The first-order valence-corrected chi connectivity index (χ1v) is 10.4. The second kappa shape index (κ2) is 10.4. The maximum atomic E-state index is 14.3. The molecule has 148 valence electrons. The van der Waals surface area contributed by atoms with Gasteiger partial charge in [-0.15, -0.1) is 13.2 Å². The van der Waals surface area contributed by atoms with E-state index in [0.29, 0.717) is 18.1 Å². The number of hydrogen-bond acceptors (Lipinski definition) is 1. The van der Waals surface area contributed by atoms with Crippen LogP contribution in [0.15, 0.2) is 73.8 Å². The van der Waals surface area contributed by atoms with E-state index in [9.17, 15) is 4.39 Å². The van der Waals surface area contributed by atoms with E-state index in [2.05, 4.69) is 37.4 Å². The van der Waals surface area contributed by atoms with Crippen LogP contribution in [0, 0.1) is 11.7 Å². The SMILES string of the molecule is C=CCCC1CCC(c2ccc(C(OCC=C)c3ccccc3F)cc2)CC1. The molecule has 1 nitrogen and oxygen atoms in total. The monoisotopic (exact) mass is 378 g/mol. The molecule has 28 heavy (non-hydrogen) atoms. The number of halogens is 1. The van der Waals surface area contributed by atoms with Crippen LogP contribution in [-0.2, 0) is 4.74 Å². The summed E-state index contributed by atoms with van der Waals surface area (Å²) in [6.45, 7) is 7.94. The Morgan fingerprint density at radius 3 is 2.32 bits per heavy atom.